The Bertz CT molecular complexity index is 875. The zero-order valence-electron chi connectivity index (χ0n) is 16.1. The zero-order chi connectivity index (χ0) is 20.0. The van der Waals surface area contributed by atoms with Crippen LogP contribution in [-0.4, -0.2) is 33.5 Å². The van der Waals surface area contributed by atoms with Crippen LogP contribution in [0.3, 0.4) is 0 Å². The van der Waals surface area contributed by atoms with E-state index in [0.717, 1.165) is 38.0 Å². The number of rotatable bonds is 7. The van der Waals surface area contributed by atoms with Gasteiger partial charge in [0.25, 0.3) is 0 Å². The quantitative estimate of drug-likeness (QED) is 0.642. The number of carbonyl (C=O) groups excluding carboxylic acids is 1. The highest BCUT2D eigenvalue weighted by Crippen LogP contribution is 2.13. The van der Waals surface area contributed by atoms with Gasteiger partial charge in [-0.25, -0.2) is 13.1 Å². The molecule has 0 bridgehead atoms. The van der Waals surface area contributed by atoms with Crippen LogP contribution in [0.15, 0.2) is 59.5 Å². The zero-order valence-corrected chi connectivity index (χ0v) is 17.0. The molecule has 0 aromatic heterocycles. The lowest BCUT2D eigenvalue weighted by Gasteiger charge is -2.29. The summed E-state index contributed by atoms with van der Waals surface area (Å²) in [6.45, 7) is 4.74. The van der Waals surface area contributed by atoms with Gasteiger partial charge in [0.2, 0.25) is 15.9 Å². The van der Waals surface area contributed by atoms with Gasteiger partial charge in [0, 0.05) is 37.9 Å². The molecule has 1 fully saturated rings. The third-order valence-electron chi connectivity index (χ3n) is 5.09. The summed E-state index contributed by atoms with van der Waals surface area (Å²) in [5.41, 5.74) is 2.18. The number of quaternary nitrogens is 1. The third-order valence-corrected chi connectivity index (χ3v) is 6.62. The van der Waals surface area contributed by atoms with Gasteiger partial charge in [0.15, 0.2) is 0 Å². The van der Waals surface area contributed by atoms with Gasteiger partial charge in [-0.2, -0.15) is 0 Å². The van der Waals surface area contributed by atoms with Gasteiger partial charge in [-0.05, 0) is 17.7 Å². The van der Waals surface area contributed by atoms with Crippen LogP contribution in [0.25, 0.3) is 0 Å². The maximum Gasteiger partial charge on any atom is 0.240 e. The first-order valence-electron chi connectivity index (χ1n) is 9.65. The molecule has 0 unspecified atom stereocenters. The Morgan fingerprint density at radius 2 is 1.64 bits per heavy atom. The fourth-order valence-corrected chi connectivity index (χ4v) is 4.81. The number of benzene rings is 2. The van der Waals surface area contributed by atoms with E-state index in [0.29, 0.717) is 6.54 Å². The molecule has 150 valence electrons. The van der Waals surface area contributed by atoms with Gasteiger partial charge in [0.05, 0.1) is 18.0 Å². The summed E-state index contributed by atoms with van der Waals surface area (Å²) in [6, 6.07) is 17.0. The van der Waals surface area contributed by atoms with Crippen molar-refractivity contribution in [1.82, 2.24) is 10.0 Å². The van der Waals surface area contributed by atoms with Gasteiger partial charge >= 0.3 is 0 Å². The molecule has 0 atom stereocenters. The normalized spacial score (nSPS) is 19.9. The second-order valence-electron chi connectivity index (χ2n) is 7.36. The van der Waals surface area contributed by atoms with Crippen LogP contribution in [0.2, 0.25) is 0 Å². The molecule has 1 amide bonds. The van der Waals surface area contributed by atoms with Crippen LogP contribution in [0.4, 0.5) is 0 Å². The molecule has 1 heterocycles. The average Bonchev–Trinajstić information content (AvgIpc) is 2.69. The summed E-state index contributed by atoms with van der Waals surface area (Å²) in [5, 5.41) is 2.70. The standard InChI is InChI=1S/C21H27N3O3S/c1-17(25)22-15-18-7-9-21(10-8-18)28(26,27)23-20-11-13-24(14-12-20)16-19-5-3-2-4-6-19/h2-10,20,23H,11-16H2,1H3,(H,22,25)/p+1. The molecule has 6 nitrogen and oxygen atoms in total. The van der Waals surface area contributed by atoms with Crippen LogP contribution in [0.1, 0.15) is 30.9 Å². The van der Waals surface area contributed by atoms with Crippen molar-refractivity contribution < 1.29 is 18.1 Å². The molecule has 0 spiro atoms. The third kappa shape index (κ3) is 5.89. The van der Waals surface area contributed by atoms with Crippen molar-refractivity contribution in [2.75, 3.05) is 13.1 Å². The smallest absolute Gasteiger partial charge is 0.240 e. The minimum Gasteiger partial charge on any atom is -0.352 e. The molecule has 28 heavy (non-hydrogen) atoms. The van der Waals surface area contributed by atoms with E-state index in [2.05, 4.69) is 34.3 Å². The number of piperidine rings is 1. The van der Waals surface area contributed by atoms with Crippen molar-refractivity contribution in [2.24, 2.45) is 0 Å². The predicted octanol–water partition coefficient (Wildman–Crippen LogP) is 0.849. The Labute approximate surface area is 167 Å². The maximum atomic E-state index is 12.7. The molecule has 0 radical (unpaired) electrons. The summed E-state index contributed by atoms with van der Waals surface area (Å²) in [5.74, 6) is -0.112. The van der Waals surface area contributed by atoms with Crippen LogP contribution >= 0.6 is 0 Å². The SMILES string of the molecule is CC(=O)NCc1ccc(S(=O)(=O)NC2CC[NH+](Cc3ccccc3)CC2)cc1. The van der Waals surface area contributed by atoms with Crippen molar-refractivity contribution in [3.63, 3.8) is 0 Å². The minimum atomic E-state index is -3.53. The Balaban J connectivity index is 1.51. The molecule has 0 saturated carbocycles. The van der Waals surface area contributed by atoms with Gasteiger partial charge < -0.3 is 10.2 Å². The fourth-order valence-electron chi connectivity index (χ4n) is 3.51. The van der Waals surface area contributed by atoms with Crippen LogP contribution < -0.4 is 14.9 Å². The molecule has 1 aliphatic rings. The van der Waals surface area contributed by atoms with Crippen LogP contribution in [0, 0.1) is 0 Å². The van der Waals surface area contributed by atoms with E-state index >= 15 is 0 Å². The highest BCUT2D eigenvalue weighted by Gasteiger charge is 2.26. The largest absolute Gasteiger partial charge is 0.352 e. The van der Waals surface area contributed by atoms with Crippen molar-refractivity contribution in [3.8, 4) is 0 Å². The number of hydrogen-bond acceptors (Lipinski definition) is 3. The number of amides is 1. The molecular formula is C21H28N3O3S+. The van der Waals surface area contributed by atoms with Crippen LogP contribution in [0.5, 0.6) is 0 Å². The van der Waals surface area contributed by atoms with E-state index < -0.39 is 10.0 Å². The second-order valence-corrected chi connectivity index (χ2v) is 9.08. The van der Waals surface area contributed by atoms with Gasteiger partial charge in [-0.15, -0.1) is 0 Å². The Kier molecular flexibility index (Phi) is 6.83. The Hall–Kier alpha value is -2.22. The molecule has 3 rings (SSSR count). The summed E-state index contributed by atoms with van der Waals surface area (Å²) >= 11 is 0. The lowest BCUT2D eigenvalue weighted by molar-refractivity contribution is -0.918. The monoisotopic (exact) mass is 402 g/mol. The van der Waals surface area contributed by atoms with E-state index in [4.69, 9.17) is 0 Å². The maximum absolute atomic E-state index is 12.7. The number of sulfonamides is 1. The second kappa shape index (κ2) is 9.32. The molecule has 0 aliphatic carbocycles. The molecule has 3 N–H and O–H groups in total. The van der Waals surface area contributed by atoms with Crippen molar-refractivity contribution in [3.05, 3.63) is 65.7 Å². The number of likely N-dealkylation sites (tertiary alicyclic amines) is 1. The number of carbonyl (C=O) groups is 1. The fraction of sp³-hybridized carbons (Fsp3) is 0.381. The highest BCUT2D eigenvalue weighted by atomic mass is 32.2. The first kappa shape index (κ1) is 20.5. The van der Waals surface area contributed by atoms with E-state index in [1.807, 2.05) is 6.07 Å². The average molecular weight is 403 g/mol. The highest BCUT2D eigenvalue weighted by molar-refractivity contribution is 7.89. The summed E-state index contributed by atoms with van der Waals surface area (Å²) in [6.07, 6.45) is 1.67. The molecule has 1 aliphatic heterocycles. The van der Waals surface area contributed by atoms with E-state index in [9.17, 15) is 13.2 Å². The first-order chi connectivity index (χ1) is 13.4. The van der Waals surface area contributed by atoms with Gasteiger partial charge in [0.1, 0.15) is 6.54 Å². The summed E-state index contributed by atoms with van der Waals surface area (Å²) < 4.78 is 28.2. The summed E-state index contributed by atoms with van der Waals surface area (Å²) in [4.78, 5) is 12.7. The summed E-state index contributed by atoms with van der Waals surface area (Å²) in [7, 11) is -3.53. The first-order valence-corrected chi connectivity index (χ1v) is 11.1. The predicted molar refractivity (Wildman–Crippen MR) is 108 cm³/mol. The molecule has 7 heteroatoms. The van der Waals surface area contributed by atoms with Crippen molar-refractivity contribution in [2.45, 2.75) is 43.8 Å². The van der Waals surface area contributed by atoms with E-state index in [1.165, 1.54) is 17.4 Å². The molecule has 1 saturated heterocycles. The number of hydrogen-bond donors (Lipinski definition) is 3. The van der Waals surface area contributed by atoms with Gasteiger partial charge in [-0.1, -0.05) is 42.5 Å². The Morgan fingerprint density at radius 1 is 1.00 bits per heavy atom. The van der Waals surface area contributed by atoms with Crippen molar-refractivity contribution >= 4 is 15.9 Å². The van der Waals surface area contributed by atoms with E-state index in [-0.39, 0.29) is 16.8 Å². The van der Waals surface area contributed by atoms with E-state index in [1.54, 1.807) is 24.3 Å². The lowest BCUT2D eigenvalue weighted by atomic mass is 10.1. The van der Waals surface area contributed by atoms with Crippen LogP contribution in [-0.2, 0) is 27.9 Å². The minimum absolute atomic E-state index is 0.0245. The molecule has 2 aromatic carbocycles. The number of nitrogens with one attached hydrogen (secondary N) is 3. The lowest BCUT2D eigenvalue weighted by Crippen LogP contribution is -3.12. The van der Waals surface area contributed by atoms with Crippen molar-refractivity contribution in [1.29, 1.82) is 0 Å². The molecule has 2 aromatic rings. The van der Waals surface area contributed by atoms with Gasteiger partial charge in [-0.3, -0.25) is 4.79 Å². The topological polar surface area (TPSA) is 79.7 Å². The Morgan fingerprint density at radius 3 is 2.25 bits per heavy atom. The molecular weight excluding hydrogens is 374 g/mol.